The summed E-state index contributed by atoms with van der Waals surface area (Å²) in [6.45, 7) is 2.36. The molecule has 2 aromatic rings. The van der Waals surface area contributed by atoms with Gasteiger partial charge in [0.25, 0.3) is 0 Å². The fourth-order valence-electron chi connectivity index (χ4n) is 4.24. The zero-order chi connectivity index (χ0) is 14.9. The number of likely N-dealkylation sites (N-methyl/N-ethyl adjacent to an activating group) is 1. The zero-order valence-electron chi connectivity index (χ0n) is 13.2. The van der Waals surface area contributed by atoms with Crippen LogP contribution in [0.2, 0.25) is 0 Å². The molecule has 0 amide bonds. The summed E-state index contributed by atoms with van der Waals surface area (Å²) in [5.74, 6) is 0. The monoisotopic (exact) mass is 292 g/mol. The standard InChI is InChI=1S/C20H24N2/c1-21-18-12-13-19(21)15-22(14-18)20(16-8-4-2-5-9-16)17-10-6-3-7-11-17/h2-11,18-20H,12-15H2,1H3. The maximum Gasteiger partial charge on any atom is 0.0602 e. The van der Waals surface area contributed by atoms with Crippen molar-refractivity contribution in [3.05, 3.63) is 71.8 Å². The third-order valence-corrected chi connectivity index (χ3v) is 5.47. The van der Waals surface area contributed by atoms with Crippen LogP contribution in [0.3, 0.4) is 0 Å². The topological polar surface area (TPSA) is 6.48 Å². The van der Waals surface area contributed by atoms with Gasteiger partial charge in [0.05, 0.1) is 6.04 Å². The molecule has 0 aromatic heterocycles. The van der Waals surface area contributed by atoms with Gasteiger partial charge >= 0.3 is 0 Å². The molecule has 2 heterocycles. The van der Waals surface area contributed by atoms with Crippen LogP contribution in [-0.4, -0.2) is 42.0 Å². The molecule has 0 radical (unpaired) electrons. The van der Waals surface area contributed by atoms with Crippen LogP contribution in [0.25, 0.3) is 0 Å². The van der Waals surface area contributed by atoms with E-state index in [2.05, 4.69) is 77.5 Å². The van der Waals surface area contributed by atoms with Crippen molar-refractivity contribution in [1.82, 2.24) is 9.80 Å². The summed E-state index contributed by atoms with van der Waals surface area (Å²) in [5, 5.41) is 0. The van der Waals surface area contributed by atoms with Gasteiger partial charge in [-0.1, -0.05) is 60.7 Å². The minimum Gasteiger partial charge on any atom is -0.298 e. The molecule has 2 atom stereocenters. The van der Waals surface area contributed by atoms with Gasteiger partial charge < -0.3 is 0 Å². The van der Waals surface area contributed by atoms with E-state index < -0.39 is 0 Å². The lowest BCUT2D eigenvalue weighted by molar-refractivity contribution is 0.0687. The van der Waals surface area contributed by atoms with Crippen LogP contribution in [0.4, 0.5) is 0 Å². The zero-order valence-corrected chi connectivity index (χ0v) is 13.2. The highest BCUT2D eigenvalue weighted by molar-refractivity contribution is 5.32. The van der Waals surface area contributed by atoms with Gasteiger partial charge in [0, 0.05) is 25.2 Å². The molecular weight excluding hydrogens is 268 g/mol. The molecule has 2 aliphatic rings. The van der Waals surface area contributed by atoms with Crippen LogP contribution in [0.1, 0.15) is 30.0 Å². The van der Waals surface area contributed by atoms with Crippen molar-refractivity contribution in [3.8, 4) is 0 Å². The summed E-state index contributed by atoms with van der Waals surface area (Å²) in [4.78, 5) is 5.30. The first-order valence-corrected chi connectivity index (χ1v) is 8.39. The van der Waals surface area contributed by atoms with Crippen LogP contribution in [0, 0.1) is 0 Å². The van der Waals surface area contributed by atoms with E-state index in [0.717, 1.165) is 12.1 Å². The summed E-state index contributed by atoms with van der Waals surface area (Å²) in [6.07, 6.45) is 2.71. The van der Waals surface area contributed by atoms with E-state index in [0.29, 0.717) is 6.04 Å². The first kappa shape index (κ1) is 14.0. The first-order chi connectivity index (χ1) is 10.8. The van der Waals surface area contributed by atoms with Crippen molar-refractivity contribution in [3.63, 3.8) is 0 Å². The molecule has 114 valence electrons. The molecule has 2 saturated heterocycles. The number of benzene rings is 2. The van der Waals surface area contributed by atoms with Crippen LogP contribution < -0.4 is 0 Å². The average molecular weight is 292 g/mol. The molecule has 2 heteroatoms. The molecule has 2 aromatic carbocycles. The van der Waals surface area contributed by atoms with Gasteiger partial charge in [0.15, 0.2) is 0 Å². The number of piperazine rings is 1. The van der Waals surface area contributed by atoms with E-state index >= 15 is 0 Å². The van der Waals surface area contributed by atoms with Crippen molar-refractivity contribution in [2.24, 2.45) is 0 Å². The maximum atomic E-state index is 2.70. The Balaban J connectivity index is 1.69. The second-order valence-corrected chi connectivity index (χ2v) is 6.73. The highest BCUT2D eigenvalue weighted by Gasteiger charge is 2.40. The highest BCUT2D eigenvalue weighted by atomic mass is 15.3. The number of hydrogen-bond acceptors (Lipinski definition) is 2. The molecule has 2 bridgehead atoms. The molecule has 0 aliphatic carbocycles. The Hall–Kier alpha value is -1.64. The van der Waals surface area contributed by atoms with E-state index in [-0.39, 0.29) is 0 Å². The Morgan fingerprint density at radius 1 is 0.773 bits per heavy atom. The van der Waals surface area contributed by atoms with Crippen molar-refractivity contribution in [2.45, 2.75) is 31.0 Å². The largest absolute Gasteiger partial charge is 0.298 e. The molecule has 0 N–H and O–H groups in total. The van der Waals surface area contributed by atoms with E-state index in [1.54, 1.807) is 0 Å². The average Bonchev–Trinajstić information content (AvgIpc) is 2.78. The molecule has 0 spiro atoms. The van der Waals surface area contributed by atoms with Gasteiger partial charge in [0.1, 0.15) is 0 Å². The Kier molecular flexibility index (Phi) is 3.73. The Morgan fingerprint density at radius 3 is 1.68 bits per heavy atom. The SMILES string of the molecule is CN1C2CCC1CN(C(c1ccccc1)c1ccccc1)C2. The fraction of sp³-hybridized carbons (Fsp3) is 0.400. The normalized spacial score (nSPS) is 25.7. The summed E-state index contributed by atoms with van der Waals surface area (Å²) in [7, 11) is 2.31. The van der Waals surface area contributed by atoms with Gasteiger partial charge in [-0.15, -0.1) is 0 Å². The minimum atomic E-state index is 0.388. The third kappa shape index (κ3) is 2.47. The molecule has 22 heavy (non-hydrogen) atoms. The lowest BCUT2D eigenvalue weighted by Gasteiger charge is -2.43. The molecular formula is C20H24N2. The number of hydrogen-bond donors (Lipinski definition) is 0. The number of likely N-dealkylation sites (tertiary alicyclic amines) is 1. The van der Waals surface area contributed by atoms with Gasteiger partial charge in [-0.05, 0) is 31.0 Å². The lowest BCUT2D eigenvalue weighted by atomic mass is 9.95. The highest BCUT2D eigenvalue weighted by Crippen LogP contribution is 2.36. The predicted molar refractivity (Wildman–Crippen MR) is 90.9 cm³/mol. The Bertz CT molecular complexity index is 557. The molecule has 2 fully saturated rings. The van der Waals surface area contributed by atoms with E-state index in [9.17, 15) is 0 Å². The van der Waals surface area contributed by atoms with E-state index in [1.165, 1.54) is 37.1 Å². The van der Waals surface area contributed by atoms with Crippen molar-refractivity contribution < 1.29 is 0 Å². The van der Waals surface area contributed by atoms with Crippen LogP contribution >= 0.6 is 0 Å². The number of fused-ring (bicyclic) bond motifs is 2. The molecule has 0 saturated carbocycles. The quantitative estimate of drug-likeness (QED) is 0.853. The third-order valence-electron chi connectivity index (χ3n) is 5.47. The van der Waals surface area contributed by atoms with Crippen molar-refractivity contribution >= 4 is 0 Å². The summed E-state index contributed by atoms with van der Waals surface area (Å²) in [6, 6.07) is 23.8. The van der Waals surface area contributed by atoms with Crippen molar-refractivity contribution in [2.75, 3.05) is 20.1 Å². The summed E-state index contributed by atoms with van der Waals surface area (Å²) < 4.78 is 0. The van der Waals surface area contributed by atoms with E-state index in [4.69, 9.17) is 0 Å². The molecule has 2 aliphatic heterocycles. The maximum absolute atomic E-state index is 2.70. The second kappa shape index (κ2) is 5.86. The van der Waals surface area contributed by atoms with Gasteiger partial charge in [-0.2, -0.15) is 0 Å². The summed E-state index contributed by atoms with van der Waals surface area (Å²) in [5.41, 5.74) is 2.83. The lowest BCUT2D eigenvalue weighted by Crippen LogP contribution is -2.52. The predicted octanol–water partition coefficient (Wildman–Crippen LogP) is 3.55. The Labute approximate surface area is 133 Å². The van der Waals surface area contributed by atoms with Crippen LogP contribution in [0.15, 0.2) is 60.7 Å². The first-order valence-electron chi connectivity index (χ1n) is 8.39. The number of nitrogens with zero attached hydrogens (tertiary/aromatic N) is 2. The minimum absolute atomic E-state index is 0.388. The Morgan fingerprint density at radius 2 is 1.23 bits per heavy atom. The molecule has 2 nitrogen and oxygen atoms in total. The smallest absolute Gasteiger partial charge is 0.0602 e. The molecule has 2 unspecified atom stereocenters. The van der Waals surface area contributed by atoms with Gasteiger partial charge in [-0.3, -0.25) is 9.80 Å². The fourth-order valence-corrected chi connectivity index (χ4v) is 4.24. The van der Waals surface area contributed by atoms with Gasteiger partial charge in [0.2, 0.25) is 0 Å². The van der Waals surface area contributed by atoms with Gasteiger partial charge in [-0.25, -0.2) is 0 Å². The van der Waals surface area contributed by atoms with Crippen LogP contribution in [-0.2, 0) is 0 Å². The van der Waals surface area contributed by atoms with Crippen LogP contribution in [0.5, 0.6) is 0 Å². The summed E-state index contributed by atoms with van der Waals surface area (Å²) >= 11 is 0. The number of rotatable bonds is 3. The molecule has 4 rings (SSSR count). The van der Waals surface area contributed by atoms with E-state index in [1.807, 2.05) is 0 Å². The second-order valence-electron chi connectivity index (χ2n) is 6.73. The van der Waals surface area contributed by atoms with Crippen molar-refractivity contribution in [1.29, 1.82) is 0 Å².